The second kappa shape index (κ2) is 6.45. The minimum absolute atomic E-state index is 0.00859. The predicted molar refractivity (Wildman–Crippen MR) is 104 cm³/mol. The summed E-state index contributed by atoms with van der Waals surface area (Å²) in [5.74, 6) is 0.697. The van der Waals surface area contributed by atoms with Crippen molar-refractivity contribution in [3.05, 3.63) is 70.0 Å². The highest BCUT2D eigenvalue weighted by atomic mass is 35.5. The quantitative estimate of drug-likeness (QED) is 0.620. The molecule has 0 radical (unpaired) electrons. The molecule has 0 N–H and O–H groups in total. The van der Waals surface area contributed by atoms with Gasteiger partial charge >= 0.3 is 0 Å². The highest BCUT2D eigenvalue weighted by Crippen LogP contribution is 2.33. The summed E-state index contributed by atoms with van der Waals surface area (Å²) in [5, 5.41) is 1.27. The van der Waals surface area contributed by atoms with Crippen LogP contribution in [-0.4, -0.2) is 26.4 Å². The summed E-state index contributed by atoms with van der Waals surface area (Å²) >= 11 is 12.2. The highest BCUT2D eigenvalue weighted by molar-refractivity contribution is 6.31. The number of carbonyl (C=O) groups is 1. The first-order valence-corrected chi connectivity index (χ1v) is 9.16. The van der Waals surface area contributed by atoms with Crippen LogP contribution in [0.4, 0.5) is 0 Å². The summed E-state index contributed by atoms with van der Waals surface area (Å²) < 4.78 is 1.90. The zero-order valence-electron chi connectivity index (χ0n) is 14.4. The molecule has 0 aliphatic carbocycles. The largest absolute Gasteiger partial charge is 0.329 e. The molecule has 0 spiro atoms. The summed E-state index contributed by atoms with van der Waals surface area (Å²) in [6.07, 6.45) is 0. The monoisotopic (exact) mass is 385 g/mol. The van der Waals surface area contributed by atoms with Crippen LogP contribution < -0.4 is 0 Å². The Balaban J connectivity index is 1.95. The second-order valence-electron chi connectivity index (χ2n) is 6.58. The van der Waals surface area contributed by atoms with E-state index in [1.807, 2.05) is 71.8 Å². The number of amides is 1. The smallest absolute Gasteiger partial charge is 0.273 e. The van der Waals surface area contributed by atoms with Crippen LogP contribution in [0.3, 0.4) is 0 Å². The third-order valence-electron chi connectivity index (χ3n) is 4.52. The van der Waals surface area contributed by atoms with Gasteiger partial charge in [0.15, 0.2) is 0 Å². The Labute approximate surface area is 162 Å². The van der Waals surface area contributed by atoms with Gasteiger partial charge in [-0.25, -0.2) is 4.98 Å². The van der Waals surface area contributed by atoms with Gasteiger partial charge in [0, 0.05) is 27.3 Å². The van der Waals surface area contributed by atoms with E-state index in [0.29, 0.717) is 28.1 Å². The lowest BCUT2D eigenvalue weighted by molar-refractivity contribution is 0.0722. The van der Waals surface area contributed by atoms with Gasteiger partial charge < -0.3 is 4.90 Å². The van der Waals surface area contributed by atoms with Gasteiger partial charge in [0.25, 0.3) is 5.91 Å². The summed E-state index contributed by atoms with van der Waals surface area (Å²) in [7, 11) is 0. The lowest BCUT2D eigenvalue weighted by Gasteiger charge is -2.21. The number of aromatic nitrogens is 2. The number of nitrogens with zero attached hydrogens (tertiary/aromatic N) is 3. The number of benzene rings is 2. The van der Waals surface area contributed by atoms with Crippen molar-refractivity contribution in [2.24, 2.45) is 0 Å². The van der Waals surface area contributed by atoms with Gasteiger partial charge in [0.1, 0.15) is 11.5 Å². The van der Waals surface area contributed by atoms with Gasteiger partial charge in [0.05, 0.1) is 12.2 Å². The molecule has 2 aromatic carbocycles. The van der Waals surface area contributed by atoms with Crippen molar-refractivity contribution < 1.29 is 4.79 Å². The van der Waals surface area contributed by atoms with Crippen LogP contribution in [-0.2, 0) is 6.54 Å². The normalized spacial score (nSPS) is 13.6. The van der Waals surface area contributed by atoms with Gasteiger partial charge in [0.2, 0.25) is 0 Å². The van der Waals surface area contributed by atoms with Crippen LogP contribution in [0.25, 0.3) is 17.1 Å². The number of halogens is 2. The molecule has 1 aromatic heterocycles. The molecule has 0 saturated carbocycles. The molecule has 3 aromatic rings. The number of carbonyl (C=O) groups excluding carboxylic acids is 1. The van der Waals surface area contributed by atoms with Crippen molar-refractivity contribution in [2.45, 2.75) is 26.4 Å². The first-order valence-electron chi connectivity index (χ1n) is 8.40. The van der Waals surface area contributed by atoms with Crippen molar-refractivity contribution in [3.8, 4) is 17.1 Å². The standard InChI is InChI=1S/C20H17Cl2N3O/c1-12(2)24-11-17-18(20(24)26)25(16-8-6-14(21)7-9-16)19(23-17)13-4-3-5-15(22)10-13/h3-10,12H,11H2,1-2H3. The average molecular weight is 386 g/mol. The molecule has 0 fully saturated rings. The number of rotatable bonds is 3. The van der Waals surface area contributed by atoms with E-state index < -0.39 is 0 Å². The molecule has 0 unspecified atom stereocenters. The Bertz CT molecular complexity index is 993. The SMILES string of the molecule is CC(C)N1Cc2nc(-c3cccc(Cl)c3)n(-c3ccc(Cl)cc3)c2C1=O. The minimum atomic E-state index is -0.00859. The molecule has 0 atom stereocenters. The number of hydrogen-bond donors (Lipinski definition) is 0. The molecule has 6 heteroatoms. The van der Waals surface area contributed by atoms with E-state index in [9.17, 15) is 4.79 Å². The van der Waals surface area contributed by atoms with E-state index in [2.05, 4.69) is 0 Å². The number of hydrogen-bond acceptors (Lipinski definition) is 2. The zero-order chi connectivity index (χ0) is 18.4. The maximum Gasteiger partial charge on any atom is 0.273 e. The molecule has 2 heterocycles. The Morgan fingerprint density at radius 2 is 1.77 bits per heavy atom. The molecule has 132 valence electrons. The summed E-state index contributed by atoms with van der Waals surface area (Å²) in [6.45, 7) is 4.53. The van der Waals surface area contributed by atoms with E-state index in [4.69, 9.17) is 28.2 Å². The summed E-state index contributed by atoms with van der Waals surface area (Å²) in [4.78, 5) is 19.6. The van der Waals surface area contributed by atoms with Crippen LogP contribution in [0.5, 0.6) is 0 Å². The molecule has 1 aliphatic rings. The molecule has 0 saturated heterocycles. The Morgan fingerprint density at radius 3 is 2.42 bits per heavy atom. The molecule has 4 nitrogen and oxygen atoms in total. The molecular formula is C20H17Cl2N3O. The fourth-order valence-corrected chi connectivity index (χ4v) is 3.56. The molecular weight excluding hydrogens is 369 g/mol. The maximum absolute atomic E-state index is 13.0. The van der Waals surface area contributed by atoms with Gasteiger partial charge in [-0.3, -0.25) is 9.36 Å². The first kappa shape index (κ1) is 17.1. The fraction of sp³-hybridized carbons (Fsp3) is 0.200. The van der Waals surface area contributed by atoms with Crippen LogP contribution in [0.2, 0.25) is 10.0 Å². The summed E-state index contributed by atoms with van der Waals surface area (Å²) in [6, 6.07) is 15.0. The van der Waals surface area contributed by atoms with Gasteiger partial charge in [-0.2, -0.15) is 0 Å². The number of imidazole rings is 1. The van der Waals surface area contributed by atoms with E-state index in [1.165, 1.54) is 0 Å². The maximum atomic E-state index is 13.0. The molecule has 1 amide bonds. The first-order chi connectivity index (χ1) is 12.5. The Hall–Kier alpha value is -2.30. The second-order valence-corrected chi connectivity index (χ2v) is 7.45. The van der Waals surface area contributed by atoms with Crippen molar-refractivity contribution in [3.63, 3.8) is 0 Å². The minimum Gasteiger partial charge on any atom is -0.329 e. The van der Waals surface area contributed by atoms with Gasteiger partial charge in [-0.05, 0) is 50.2 Å². The third-order valence-corrected chi connectivity index (χ3v) is 5.01. The fourth-order valence-electron chi connectivity index (χ4n) is 3.24. The Kier molecular flexibility index (Phi) is 4.25. The van der Waals surface area contributed by atoms with Crippen LogP contribution >= 0.6 is 23.2 Å². The lowest BCUT2D eigenvalue weighted by Crippen LogP contribution is -2.32. The van der Waals surface area contributed by atoms with Crippen LogP contribution in [0.15, 0.2) is 48.5 Å². The predicted octanol–water partition coefficient (Wildman–Crippen LogP) is 5.21. The Morgan fingerprint density at radius 1 is 1.04 bits per heavy atom. The van der Waals surface area contributed by atoms with Crippen molar-refractivity contribution >= 4 is 29.1 Å². The summed E-state index contributed by atoms with van der Waals surface area (Å²) in [5.41, 5.74) is 3.10. The molecule has 1 aliphatic heterocycles. The van der Waals surface area contributed by atoms with Crippen LogP contribution in [0, 0.1) is 0 Å². The van der Waals surface area contributed by atoms with Gasteiger partial charge in [-0.1, -0.05) is 35.3 Å². The molecule has 26 heavy (non-hydrogen) atoms. The third kappa shape index (κ3) is 2.79. The molecule has 0 bridgehead atoms. The van der Waals surface area contributed by atoms with Crippen molar-refractivity contribution in [1.29, 1.82) is 0 Å². The van der Waals surface area contributed by atoms with Crippen molar-refractivity contribution in [1.82, 2.24) is 14.5 Å². The van der Waals surface area contributed by atoms with E-state index in [-0.39, 0.29) is 11.9 Å². The number of fused-ring (bicyclic) bond motifs is 1. The lowest BCUT2D eigenvalue weighted by atomic mass is 10.2. The van der Waals surface area contributed by atoms with E-state index in [0.717, 1.165) is 16.9 Å². The zero-order valence-corrected chi connectivity index (χ0v) is 15.9. The van der Waals surface area contributed by atoms with E-state index in [1.54, 1.807) is 0 Å². The van der Waals surface area contributed by atoms with Gasteiger partial charge in [-0.15, -0.1) is 0 Å². The van der Waals surface area contributed by atoms with Crippen LogP contribution in [0.1, 0.15) is 30.0 Å². The average Bonchev–Trinajstić information content (AvgIpc) is 3.13. The topological polar surface area (TPSA) is 38.1 Å². The molecule has 4 rings (SSSR count). The highest BCUT2D eigenvalue weighted by Gasteiger charge is 2.36. The van der Waals surface area contributed by atoms with E-state index >= 15 is 0 Å². The van der Waals surface area contributed by atoms with Crippen molar-refractivity contribution in [2.75, 3.05) is 0 Å².